The number of hydrogen-bond donors (Lipinski definition) is 1. The molecule has 20 heavy (non-hydrogen) atoms. The number of aryl methyl sites for hydroxylation is 2. The van der Waals surface area contributed by atoms with E-state index in [0.717, 1.165) is 24.9 Å². The van der Waals surface area contributed by atoms with E-state index < -0.39 is 0 Å². The lowest BCUT2D eigenvalue weighted by Gasteiger charge is -2.09. The van der Waals surface area contributed by atoms with Gasteiger partial charge in [0.1, 0.15) is 5.69 Å². The van der Waals surface area contributed by atoms with Crippen molar-refractivity contribution in [3.63, 3.8) is 0 Å². The van der Waals surface area contributed by atoms with Crippen molar-refractivity contribution in [1.82, 2.24) is 0 Å². The summed E-state index contributed by atoms with van der Waals surface area (Å²) >= 11 is 0. The third kappa shape index (κ3) is 3.57. The van der Waals surface area contributed by atoms with E-state index in [1.807, 2.05) is 31.2 Å². The lowest BCUT2D eigenvalue weighted by Crippen LogP contribution is -2.06. The van der Waals surface area contributed by atoms with Crippen LogP contribution in [0.2, 0.25) is 0 Å². The van der Waals surface area contributed by atoms with Crippen LogP contribution in [0.25, 0.3) is 0 Å². The zero-order valence-electron chi connectivity index (χ0n) is 11.5. The van der Waals surface area contributed by atoms with Crippen LogP contribution in [-0.2, 0) is 6.42 Å². The number of nitrogens with zero attached hydrogens (tertiary/aromatic N) is 1. The quantitative estimate of drug-likeness (QED) is 0.491. The zero-order chi connectivity index (χ0) is 14.4. The Bertz CT molecular complexity index is 582. The Labute approximate surface area is 118 Å². The van der Waals surface area contributed by atoms with E-state index in [2.05, 4.69) is 17.4 Å². The van der Waals surface area contributed by atoms with Gasteiger partial charge in [-0.2, -0.15) is 0 Å². The Morgan fingerprint density at radius 3 is 2.55 bits per heavy atom. The highest BCUT2D eigenvalue weighted by molar-refractivity contribution is 5.65. The SMILES string of the molecule is Cc1cccc([N+](=O)[O-])c1NCCCc1ccccc1. The molecule has 0 saturated carbocycles. The Morgan fingerprint density at radius 2 is 1.85 bits per heavy atom. The number of para-hydroxylation sites is 1. The molecule has 104 valence electrons. The van der Waals surface area contributed by atoms with Gasteiger partial charge in [-0.25, -0.2) is 0 Å². The van der Waals surface area contributed by atoms with Gasteiger partial charge in [-0.3, -0.25) is 10.1 Å². The van der Waals surface area contributed by atoms with E-state index in [9.17, 15) is 10.1 Å². The maximum absolute atomic E-state index is 11.0. The van der Waals surface area contributed by atoms with Crippen molar-refractivity contribution in [3.05, 3.63) is 69.8 Å². The molecule has 0 aliphatic rings. The van der Waals surface area contributed by atoms with Crippen LogP contribution >= 0.6 is 0 Å². The molecule has 0 amide bonds. The molecule has 0 aliphatic heterocycles. The Kier molecular flexibility index (Phi) is 4.71. The Balaban J connectivity index is 1.93. The maximum atomic E-state index is 11.0. The molecule has 0 saturated heterocycles. The average Bonchev–Trinajstić information content (AvgIpc) is 2.45. The van der Waals surface area contributed by atoms with Gasteiger partial charge in [0, 0.05) is 12.6 Å². The van der Waals surface area contributed by atoms with E-state index in [1.165, 1.54) is 11.6 Å². The summed E-state index contributed by atoms with van der Waals surface area (Å²) in [6, 6.07) is 15.4. The molecule has 0 unspecified atom stereocenters. The first-order valence-corrected chi connectivity index (χ1v) is 6.70. The van der Waals surface area contributed by atoms with Gasteiger partial charge in [0.05, 0.1) is 4.92 Å². The lowest BCUT2D eigenvalue weighted by atomic mass is 10.1. The van der Waals surface area contributed by atoms with Crippen molar-refractivity contribution in [1.29, 1.82) is 0 Å². The van der Waals surface area contributed by atoms with E-state index in [0.29, 0.717) is 5.69 Å². The minimum Gasteiger partial charge on any atom is -0.379 e. The fourth-order valence-electron chi connectivity index (χ4n) is 2.18. The summed E-state index contributed by atoms with van der Waals surface area (Å²) < 4.78 is 0. The topological polar surface area (TPSA) is 55.2 Å². The zero-order valence-corrected chi connectivity index (χ0v) is 11.5. The average molecular weight is 270 g/mol. The predicted octanol–water partition coefficient (Wildman–Crippen LogP) is 3.95. The molecular formula is C16H18N2O2. The summed E-state index contributed by atoms with van der Waals surface area (Å²) in [6.07, 6.45) is 1.91. The van der Waals surface area contributed by atoms with Crippen molar-refractivity contribution in [3.8, 4) is 0 Å². The van der Waals surface area contributed by atoms with Gasteiger partial charge in [0.15, 0.2) is 0 Å². The summed E-state index contributed by atoms with van der Waals surface area (Å²) in [7, 11) is 0. The minimum absolute atomic E-state index is 0.143. The fraction of sp³-hybridized carbons (Fsp3) is 0.250. The standard InChI is InChI=1S/C16H18N2O2/c1-13-7-5-11-15(18(19)20)16(13)17-12-6-10-14-8-3-2-4-9-14/h2-5,7-9,11,17H,6,10,12H2,1H3. The van der Waals surface area contributed by atoms with Gasteiger partial charge in [0.2, 0.25) is 0 Å². The van der Waals surface area contributed by atoms with Gasteiger partial charge in [-0.15, -0.1) is 0 Å². The van der Waals surface area contributed by atoms with Gasteiger partial charge < -0.3 is 5.32 Å². The Hall–Kier alpha value is -2.36. The van der Waals surface area contributed by atoms with Crippen molar-refractivity contribution in [2.45, 2.75) is 19.8 Å². The molecule has 0 bridgehead atoms. The number of benzene rings is 2. The summed E-state index contributed by atoms with van der Waals surface area (Å²) in [4.78, 5) is 10.7. The molecule has 0 aliphatic carbocycles. The lowest BCUT2D eigenvalue weighted by molar-refractivity contribution is -0.384. The van der Waals surface area contributed by atoms with Crippen LogP contribution in [0.1, 0.15) is 17.5 Å². The number of nitrogens with one attached hydrogen (secondary N) is 1. The molecule has 0 radical (unpaired) electrons. The van der Waals surface area contributed by atoms with Gasteiger partial charge in [0.25, 0.3) is 5.69 Å². The summed E-state index contributed by atoms with van der Waals surface area (Å²) in [5.74, 6) is 0. The van der Waals surface area contributed by atoms with Crippen LogP contribution in [0, 0.1) is 17.0 Å². The molecule has 2 rings (SSSR count). The number of rotatable bonds is 6. The van der Waals surface area contributed by atoms with Crippen LogP contribution in [0.5, 0.6) is 0 Å². The molecule has 1 N–H and O–H groups in total. The second-order valence-corrected chi connectivity index (χ2v) is 4.74. The molecule has 0 fully saturated rings. The molecule has 2 aromatic carbocycles. The minimum atomic E-state index is -0.341. The van der Waals surface area contributed by atoms with Crippen LogP contribution in [-0.4, -0.2) is 11.5 Å². The molecule has 0 atom stereocenters. The maximum Gasteiger partial charge on any atom is 0.292 e. The van der Waals surface area contributed by atoms with E-state index in [4.69, 9.17) is 0 Å². The summed E-state index contributed by atoms with van der Waals surface area (Å²) in [5, 5.41) is 14.2. The Morgan fingerprint density at radius 1 is 1.10 bits per heavy atom. The van der Waals surface area contributed by atoms with Gasteiger partial charge in [-0.05, 0) is 30.9 Å². The van der Waals surface area contributed by atoms with Crippen LogP contribution in [0.15, 0.2) is 48.5 Å². The summed E-state index contributed by atoms with van der Waals surface area (Å²) in [6.45, 7) is 2.60. The molecular weight excluding hydrogens is 252 g/mol. The van der Waals surface area contributed by atoms with Crippen molar-refractivity contribution >= 4 is 11.4 Å². The highest BCUT2D eigenvalue weighted by Gasteiger charge is 2.14. The number of nitro groups is 1. The molecule has 2 aromatic rings. The smallest absolute Gasteiger partial charge is 0.292 e. The second-order valence-electron chi connectivity index (χ2n) is 4.74. The van der Waals surface area contributed by atoms with Crippen molar-refractivity contribution < 1.29 is 4.92 Å². The van der Waals surface area contributed by atoms with Crippen molar-refractivity contribution in [2.24, 2.45) is 0 Å². The molecule has 0 spiro atoms. The van der Waals surface area contributed by atoms with Crippen LogP contribution in [0.4, 0.5) is 11.4 Å². The molecule has 4 nitrogen and oxygen atoms in total. The third-order valence-electron chi connectivity index (χ3n) is 3.23. The van der Waals surface area contributed by atoms with Gasteiger partial charge in [-0.1, -0.05) is 42.5 Å². The number of anilines is 1. The normalized spacial score (nSPS) is 10.2. The fourth-order valence-corrected chi connectivity index (χ4v) is 2.18. The van der Waals surface area contributed by atoms with Gasteiger partial charge >= 0.3 is 0 Å². The first-order chi connectivity index (χ1) is 9.68. The molecule has 4 heteroatoms. The second kappa shape index (κ2) is 6.70. The monoisotopic (exact) mass is 270 g/mol. The molecule has 0 aromatic heterocycles. The number of hydrogen-bond acceptors (Lipinski definition) is 3. The van der Waals surface area contributed by atoms with Crippen molar-refractivity contribution in [2.75, 3.05) is 11.9 Å². The van der Waals surface area contributed by atoms with E-state index in [1.54, 1.807) is 6.07 Å². The summed E-state index contributed by atoms with van der Waals surface area (Å²) in [5.41, 5.74) is 2.96. The van der Waals surface area contributed by atoms with Crippen LogP contribution in [0.3, 0.4) is 0 Å². The highest BCUT2D eigenvalue weighted by Crippen LogP contribution is 2.27. The third-order valence-corrected chi connectivity index (χ3v) is 3.23. The van der Waals surface area contributed by atoms with E-state index >= 15 is 0 Å². The predicted molar refractivity (Wildman–Crippen MR) is 81.1 cm³/mol. The first kappa shape index (κ1) is 14.1. The number of nitro benzene ring substituents is 1. The molecule has 0 heterocycles. The van der Waals surface area contributed by atoms with E-state index in [-0.39, 0.29) is 10.6 Å². The first-order valence-electron chi connectivity index (χ1n) is 6.70. The van der Waals surface area contributed by atoms with Crippen LogP contribution < -0.4 is 5.32 Å². The largest absolute Gasteiger partial charge is 0.379 e. The highest BCUT2D eigenvalue weighted by atomic mass is 16.6.